The molecule has 0 bridgehead atoms. The lowest BCUT2D eigenvalue weighted by Crippen LogP contribution is -2.16. The quantitative estimate of drug-likeness (QED) is 0.252. The topological polar surface area (TPSA) is 109 Å². The highest BCUT2D eigenvalue weighted by molar-refractivity contribution is 7.20. The van der Waals surface area contributed by atoms with Gasteiger partial charge in [0.05, 0.1) is 22.4 Å². The molecule has 1 amide bonds. The van der Waals surface area contributed by atoms with E-state index in [2.05, 4.69) is 15.8 Å². The predicted molar refractivity (Wildman–Crippen MR) is 124 cm³/mol. The van der Waals surface area contributed by atoms with E-state index in [1.54, 1.807) is 18.2 Å². The Balaban J connectivity index is 1.91. The molecule has 2 aromatic heterocycles. The van der Waals surface area contributed by atoms with Crippen LogP contribution in [0.1, 0.15) is 48.8 Å². The number of nitrogens with zero attached hydrogens (tertiary/aromatic N) is 1. The average Bonchev–Trinajstić information content (AvgIpc) is 3.14. The lowest BCUT2D eigenvalue weighted by Gasteiger charge is -2.18. The smallest absolute Gasteiger partial charge is 0.251 e. The highest BCUT2D eigenvalue weighted by Gasteiger charge is 2.24. The predicted octanol–water partition coefficient (Wildman–Crippen LogP) is 4.59. The normalized spacial score (nSPS) is 11.6. The van der Waals surface area contributed by atoms with Crippen LogP contribution in [0.4, 0.5) is 19.6 Å². The van der Waals surface area contributed by atoms with E-state index in [1.807, 2.05) is 6.92 Å². The van der Waals surface area contributed by atoms with Gasteiger partial charge in [-0.05, 0) is 56.2 Å². The van der Waals surface area contributed by atoms with Crippen LogP contribution in [0.3, 0.4) is 0 Å². The molecule has 2 heterocycles. The van der Waals surface area contributed by atoms with Crippen LogP contribution < -0.4 is 16.5 Å². The van der Waals surface area contributed by atoms with Crippen LogP contribution in [0.2, 0.25) is 0 Å². The molecule has 0 aliphatic heterocycles. The number of benzene rings is 1. The zero-order valence-corrected chi connectivity index (χ0v) is 19.4. The van der Waals surface area contributed by atoms with E-state index in [9.17, 15) is 18.7 Å². The van der Waals surface area contributed by atoms with E-state index < -0.39 is 23.1 Å². The third kappa shape index (κ3) is 6.11. The molecule has 0 saturated carbocycles. The first kappa shape index (κ1) is 24.7. The SMILES string of the molecule is CCCNOCc1cccc(Nc2sc(-c3c(F)cc(C(C)(C)O)cc3F)cc2C(N)=O)n1. The van der Waals surface area contributed by atoms with Gasteiger partial charge in [-0.1, -0.05) is 13.0 Å². The number of aromatic nitrogens is 1. The van der Waals surface area contributed by atoms with Gasteiger partial charge < -0.3 is 16.2 Å². The maximum Gasteiger partial charge on any atom is 0.251 e. The third-order valence-electron chi connectivity index (χ3n) is 4.72. The molecule has 0 radical (unpaired) electrons. The molecule has 5 N–H and O–H groups in total. The fourth-order valence-corrected chi connectivity index (χ4v) is 4.12. The Morgan fingerprint density at radius 1 is 1.24 bits per heavy atom. The van der Waals surface area contributed by atoms with Crippen molar-refractivity contribution in [2.45, 2.75) is 39.4 Å². The van der Waals surface area contributed by atoms with Crippen LogP contribution in [0, 0.1) is 11.6 Å². The number of nitrogens with one attached hydrogen (secondary N) is 2. The van der Waals surface area contributed by atoms with Crippen LogP contribution in [0.15, 0.2) is 36.4 Å². The molecule has 7 nitrogen and oxygen atoms in total. The van der Waals surface area contributed by atoms with Crippen molar-refractivity contribution >= 4 is 28.1 Å². The number of anilines is 2. The van der Waals surface area contributed by atoms with Crippen molar-refractivity contribution in [3.05, 3.63) is 64.9 Å². The summed E-state index contributed by atoms with van der Waals surface area (Å²) in [6.45, 7) is 5.83. The lowest BCUT2D eigenvalue weighted by atomic mass is 9.96. The number of nitrogens with two attached hydrogens (primary N) is 1. The molecular formula is C23H26F2N4O3S. The molecule has 3 rings (SSSR count). The molecule has 0 aliphatic rings. The highest BCUT2D eigenvalue weighted by Crippen LogP contribution is 2.40. The minimum absolute atomic E-state index is 0.0773. The van der Waals surface area contributed by atoms with Gasteiger partial charge in [-0.15, -0.1) is 11.3 Å². The van der Waals surface area contributed by atoms with Crippen molar-refractivity contribution in [3.8, 4) is 10.4 Å². The van der Waals surface area contributed by atoms with Gasteiger partial charge in [-0.3, -0.25) is 9.63 Å². The van der Waals surface area contributed by atoms with Gasteiger partial charge in [0.1, 0.15) is 29.1 Å². The third-order valence-corrected chi connectivity index (χ3v) is 5.78. The molecule has 10 heteroatoms. The number of carbonyl (C=O) groups is 1. The zero-order chi connectivity index (χ0) is 24.2. The van der Waals surface area contributed by atoms with Crippen LogP contribution in [0.5, 0.6) is 0 Å². The number of aliphatic hydroxyl groups is 1. The summed E-state index contributed by atoms with van der Waals surface area (Å²) in [5.74, 6) is -2.04. The Morgan fingerprint density at radius 2 is 1.94 bits per heavy atom. The van der Waals surface area contributed by atoms with Crippen molar-refractivity contribution in [1.29, 1.82) is 0 Å². The van der Waals surface area contributed by atoms with Crippen molar-refractivity contribution < 1.29 is 23.5 Å². The van der Waals surface area contributed by atoms with Crippen molar-refractivity contribution in [1.82, 2.24) is 10.5 Å². The maximum atomic E-state index is 14.8. The van der Waals surface area contributed by atoms with Gasteiger partial charge in [0.25, 0.3) is 5.91 Å². The lowest BCUT2D eigenvalue weighted by molar-refractivity contribution is 0.0265. The second kappa shape index (κ2) is 10.3. The molecule has 0 spiro atoms. The Labute approximate surface area is 194 Å². The number of hydrogen-bond acceptors (Lipinski definition) is 7. The van der Waals surface area contributed by atoms with E-state index >= 15 is 0 Å². The molecular weight excluding hydrogens is 450 g/mol. The summed E-state index contributed by atoms with van der Waals surface area (Å²) >= 11 is 0.970. The van der Waals surface area contributed by atoms with E-state index in [0.717, 1.165) is 29.9 Å². The standard InChI is InChI=1S/C23H26F2N4O3S/c1-4-8-27-32-12-14-6-5-7-19(28-14)29-22-15(21(26)30)11-18(33-22)20-16(24)9-13(10-17(20)25)23(2,3)31/h5-7,9-11,27,31H,4,8,12H2,1-3H3,(H2,26,30)(H,28,29). The Morgan fingerprint density at radius 3 is 2.55 bits per heavy atom. The molecule has 0 fully saturated rings. The Kier molecular flexibility index (Phi) is 7.75. The summed E-state index contributed by atoms with van der Waals surface area (Å²) in [5, 5.41) is 13.4. The van der Waals surface area contributed by atoms with Crippen LogP contribution in [0.25, 0.3) is 10.4 Å². The van der Waals surface area contributed by atoms with Crippen LogP contribution in [-0.4, -0.2) is 22.5 Å². The molecule has 0 atom stereocenters. The number of rotatable bonds is 10. The van der Waals surface area contributed by atoms with Gasteiger partial charge in [-0.2, -0.15) is 0 Å². The van der Waals surface area contributed by atoms with Crippen molar-refractivity contribution in [2.75, 3.05) is 11.9 Å². The molecule has 0 aliphatic carbocycles. The number of thiophene rings is 1. The summed E-state index contributed by atoms with van der Waals surface area (Å²) in [6.07, 6.45) is 0.924. The molecule has 1 aromatic carbocycles. The minimum Gasteiger partial charge on any atom is -0.386 e. The molecule has 33 heavy (non-hydrogen) atoms. The largest absolute Gasteiger partial charge is 0.386 e. The first-order valence-electron chi connectivity index (χ1n) is 10.3. The Bertz CT molecular complexity index is 1120. The average molecular weight is 477 g/mol. The van der Waals surface area contributed by atoms with Crippen molar-refractivity contribution in [2.24, 2.45) is 5.73 Å². The van der Waals surface area contributed by atoms with Crippen LogP contribution >= 0.6 is 11.3 Å². The second-order valence-corrected chi connectivity index (χ2v) is 8.97. The maximum absolute atomic E-state index is 14.8. The van der Waals surface area contributed by atoms with E-state index in [0.29, 0.717) is 23.1 Å². The van der Waals surface area contributed by atoms with E-state index in [4.69, 9.17) is 10.6 Å². The first-order chi connectivity index (χ1) is 15.6. The van der Waals surface area contributed by atoms with Gasteiger partial charge >= 0.3 is 0 Å². The van der Waals surface area contributed by atoms with Gasteiger partial charge in [-0.25, -0.2) is 19.2 Å². The fraction of sp³-hybridized carbons (Fsp3) is 0.304. The summed E-state index contributed by atoms with van der Waals surface area (Å²) < 4.78 is 29.6. The molecule has 0 unspecified atom stereocenters. The van der Waals surface area contributed by atoms with E-state index in [-0.39, 0.29) is 28.2 Å². The number of amides is 1. The first-order valence-corrected chi connectivity index (χ1v) is 11.1. The number of carbonyl (C=O) groups excluding carboxylic acids is 1. The second-order valence-electron chi connectivity index (χ2n) is 7.91. The molecule has 176 valence electrons. The highest BCUT2D eigenvalue weighted by atomic mass is 32.1. The summed E-state index contributed by atoms with van der Waals surface area (Å²) in [4.78, 5) is 21.9. The van der Waals surface area contributed by atoms with Gasteiger partial charge in [0, 0.05) is 11.4 Å². The zero-order valence-electron chi connectivity index (χ0n) is 18.5. The van der Waals surface area contributed by atoms with Gasteiger partial charge in [0.2, 0.25) is 0 Å². The fourth-order valence-electron chi connectivity index (χ4n) is 3.00. The van der Waals surface area contributed by atoms with E-state index in [1.165, 1.54) is 19.9 Å². The summed E-state index contributed by atoms with van der Waals surface area (Å²) in [6, 6.07) is 8.72. The number of halogens is 2. The number of primary amides is 1. The van der Waals surface area contributed by atoms with Gasteiger partial charge in [0.15, 0.2) is 0 Å². The monoisotopic (exact) mass is 476 g/mol. The van der Waals surface area contributed by atoms with Crippen LogP contribution in [-0.2, 0) is 17.0 Å². The molecule has 0 saturated heterocycles. The summed E-state index contributed by atoms with van der Waals surface area (Å²) in [5.41, 5.74) is 7.42. The number of hydrogen-bond donors (Lipinski definition) is 4. The van der Waals surface area contributed by atoms with Crippen molar-refractivity contribution in [3.63, 3.8) is 0 Å². The Hall–Kier alpha value is -2.92. The minimum atomic E-state index is -1.41. The number of hydroxylamine groups is 1. The molecule has 3 aromatic rings. The number of pyridine rings is 1. The summed E-state index contributed by atoms with van der Waals surface area (Å²) in [7, 11) is 0.